The zero-order chi connectivity index (χ0) is 15.5. The second-order valence-corrected chi connectivity index (χ2v) is 6.43. The van der Waals surface area contributed by atoms with Crippen LogP contribution < -0.4 is 5.32 Å². The average molecular weight is 303 g/mol. The van der Waals surface area contributed by atoms with Crippen LogP contribution in [0.25, 0.3) is 6.08 Å². The number of fused-ring (bicyclic) bond motifs is 2. The largest absolute Gasteiger partial charge is 0.396 e. The Morgan fingerprint density at radius 1 is 1.27 bits per heavy atom. The summed E-state index contributed by atoms with van der Waals surface area (Å²) >= 11 is 0. The van der Waals surface area contributed by atoms with E-state index in [1.54, 1.807) is 18.2 Å². The fourth-order valence-corrected chi connectivity index (χ4v) is 4.02. The van der Waals surface area contributed by atoms with Gasteiger partial charge in [0.2, 0.25) is 5.91 Å². The van der Waals surface area contributed by atoms with Gasteiger partial charge in [0.15, 0.2) is 0 Å². The minimum Gasteiger partial charge on any atom is -0.396 e. The maximum absolute atomic E-state index is 12.8. The Labute approximate surface area is 130 Å². The maximum Gasteiger partial charge on any atom is 0.224 e. The molecule has 0 radical (unpaired) electrons. The molecule has 1 aromatic carbocycles. The van der Waals surface area contributed by atoms with Crippen LogP contribution in [0.15, 0.2) is 30.3 Å². The number of carbonyl (C=O) groups is 1. The smallest absolute Gasteiger partial charge is 0.224 e. The van der Waals surface area contributed by atoms with Crippen LogP contribution in [0.5, 0.6) is 0 Å². The van der Waals surface area contributed by atoms with Crippen molar-refractivity contribution in [1.29, 1.82) is 0 Å². The summed E-state index contributed by atoms with van der Waals surface area (Å²) in [5.74, 6) is 1.07. The summed E-state index contributed by atoms with van der Waals surface area (Å²) in [6.07, 6.45) is 7.42. The van der Waals surface area contributed by atoms with Gasteiger partial charge in [0.25, 0.3) is 0 Å². The molecule has 1 amide bonds. The lowest BCUT2D eigenvalue weighted by molar-refractivity contribution is -0.121. The quantitative estimate of drug-likeness (QED) is 0.879. The fourth-order valence-electron chi connectivity index (χ4n) is 4.02. The third-order valence-corrected chi connectivity index (χ3v) is 5.11. The molecule has 2 aliphatic carbocycles. The predicted molar refractivity (Wildman–Crippen MR) is 83.4 cm³/mol. The molecule has 4 atom stereocenters. The van der Waals surface area contributed by atoms with Gasteiger partial charge in [-0.1, -0.05) is 24.3 Å². The van der Waals surface area contributed by atoms with Crippen molar-refractivity contribution in [2.75, 3.05) is 6.61 Å². The van der Waals surface area contributed by atoms with Gasteiger partial charge in [-0.05, 0) is 48.8 Å². The Hall–Kier alpha value is -1.68. The highest BCUT2D eigenvalue weighted by molar-refractivity contribution is 5.79. The first-order valence-corrected chi connectivity index (χ1v) is 7.99. The number of carbonyl (C=O) groups excluding carboxylic acids is 1. The Kier molecular flexibility index (Phi) is 4.57. The molecule has 0 spiro atoms. The normalized spacial score (nSPS) is 30.1. The second-order valence-electron chi connectivity index (χ2n) is 6.43. The summed E-state index contributed by atoms with van der Waals surface area (Å²) in [4.78, 5) is 12.1. The summed E-state index contributed by atoms with van der Waals surface area (Å²) < 4.78 is 12.8. The van der Waals surface area contributed by atoms with Crippen LogP contribution in [0.1, 0.15) is 31.2 Å². The van der Waals surface area contributed by atoms with Gasteiger partial charge in [-0.3, -0.25) is 4.79 Å². The van der Waals surface area contributed by atoms with Crippen LogP contribution in [0, 0.1) is 23.6 Å². The summed E-state index contributed by atoms with van der Waals surface area (Å²) in [6, 6.07) is 6.31. The molecular weight excluding hydrogens is 281 g/mol. The van der Waals surface area contributed by atoms with Crippen LogP contribution in [-0.2, 0) is 4.79 Å². The number of halogens is 1. The highest BCUT2D eigenvalue weighted by Gasteiger charge is 2.47. The number of amides is 1. The van der Waals surface area contributed by atoms with Gasteiger partial charge < -0.3 is 10.4 Å². The van der Waals surface area contributed by atoms with Crippen LogP contribution in [0.4, 0.5) is 4.39 Å². The van der Waals surface area contributed by atoms with Crippen molar-refractivity contribution in [3.63, 3.8) is 0 Å². The van der Waals surface area contributed by atoms with Gasteiger partial charge in [-0.2, -0.15) is 0 Å². The van der Waals surface area contributed by atoms with Crippen molar-refractivity contribution < 1.29 is 14.3 Å². The van der Waals surface area contributed by atoms with Crippen molar-refractivity contribution in [1.82, 2.24) is 5.32 Å². The molecule has 118 valence electrons. The van der Waals surface area contributed by atoms with Crippen molar-refractivity contribution in [3.8, 4) is 0 Å². The molecule has 2 aliphatic rings. The minimum absolute atomic E-state index is 0.00522. The summed E-state index contributed by atoms with van der Waals surface area (Å²) in [5.41, 5.74) is 0.877. The van der Waals surface area contributed by atoms with Crippen molar-refractivity contribution in [2.24, 2.45) is 17.8 Å². The van der Waals surface area contributed by atoms with Gasteiger partial charge in [-0.15, -0.1) is 0 Å². The molecule has 2 fully saturated rings. The van der Waals surface area contributed by atoms with Crippen LogP contribution in [0.2, 0.25) is 0 Å². The standard InChI is InChI=1S/C18H22FNO2/c19-15-8-4-12(5-9-15)2-1-3-17(22)20-18-14-7-6-13(10-14)16(18)11-21/h1-2,4-5,8-9,13-14,16,18,21H,3,6-7,10-11H2,(H,20,22)/b2-1+. The maximum atomic E-state index is 12.8. The number of aliphatic hydroxyl groups is 1. The van der Waals surface area contributed by atoms with Crippen molar-refractivity contribution in [2.45, 2.75) is 31.7 Å². The molecule has 3 nitrogen and oxygen atoms in total. The van der Waals surface area contributed by atoms with Gasteiger partial charge in [-0.25, -0.2) is 4.39 Å². The Bertz CT molecular complexity index is 555. The topological polar surface area (TPSA) is 49.3 Å². The number of hydrogen-bond acceptors (Lipinski definition) is 2. The SMILES string of the molecule is O=C(C/C=C/c1ccc(F)cc1)NC1C2CCC(C2)C1CO. The van der Waals surface area contributed by atoms with E-state index >= 15 is 0 Å². The minimum atomic E-state index is -0.263. The molecule has 0 saturated heterocycles. The lowest BCUT2D eigenvalue weighted by Gasteiger charge is -2.30. The van der Waals surface area contributed by atoms with Crippen molar-refractivity contribution >= 4 is 12.0 Å². The zero-order valence-corrected chi connectivity index (χ0v) is 12.5. The Morgan fingerprint density at radius 2 is 2.00 bits per heavy atom. The second kappa shape index (κ2) is 6.61. The van der Waals surface area contributed by atoms with E-state index in [4.69, 9.17) is 0 Å². The highest BCUT2D eigenvalue weighted by atomic mass is 19.1. The van der Waals surface area contributed by atoms with E-state index in [0.717, 1.165) is 18.4 Å². The highest BCUT2D eigenvalue weighted by Crippen LogP contribution is 2.48. The summed E-state index contributed by atoms with van der Waals surface area (Å²) in [6.45, 7) is 0.164. The van der Waals surface area contributed by atoms with E-state index in [0.29, 0.717) is 18.3 Å². The van der Waals surface area contributed by atoms with Gasteiger partial charge in [0.1, 0.15) is 5.82 Å². The summed E-state index contributed by atoms with van der Waals surface area (Å²) in [5, 5.41) is 12.6. The molecule has 0 aliphatic heterocycles. The van der Waals surface area contributed by atoms with Gasteiger partial charge >= 0.3 is 0 Å². The lowest BCUT2D eigenvalue weighted by Crippen LogP contribution is -2.45. The van der Waals surface area contributed by atoms with Gasteiger partial charge in [0.05, 0.1) is 0 Å². The number of nitrogens with one attached hydrogen (secondary N) is 1. The molecule has 2 bridgehead atoms. The molecule has 2 N–H and O–H groups in total. The number of rotatable bonds is 5. The number of hydrogen-bond donors (Lipinski definition) is 2. The zero-order valence-electron chi connectivity index (χ0n) is 12.5. The van der Waals surface area contributed by atoms with E-state index in [-0.39, 0.29) is 30.3 Å². The Morgan fingerprint density at radius 3 is 2.73 bits per heavy atom. The molecule has 22 heavy (non-hydrogen) atoms. The molecule has 0 aromatic heterocycles. The first kappa shape index (κ1) is 15.2. The van der Waals surface area contributed by atoms with E-state index in [1.807, 2.05) is 6.08 Å². The van der Waals surface area contributed by atoms with Crippen LogP contribution in [-0.4, -0.2) is 23.7 Å². The van der Waals surface area contributed by atoms with E-state index in [2.05, 4.69) is 5.32 Å². The molecule has 4 unspecified atom stereocenters. The fraction of sp³-hybridized carbons (Fsp3) is 0.500. The molecule has 3 rings (SSSR count). The first-order chi connectivity index (χ1) is 10.7. The third kappa shape index (κ3) is 3.22. The molecular formula is C18H22FNO2. The van der Waals surface area contributed by atoms with Crippen LogP contribution >= 0.6 is 0 Å². The van der Waals surface area contributed by atoms with Crippen LogP contribution in [0.3, 0.4) is 0 Å². The number of benzene rings is 1. The summed E-state index contributed by atoms with van der Waals surface area (Å²) in [7, 11) is 0. The van der Waals surface area contributed by atoms with E-state index in [1.165, 1.54) is 18.6 Å². The third-order valence-electron chi connectivity index (χ3n) is 5.11. The molecule has 0 heterocycles. The lowest BCUT2D eigenvalue weighted by atomic mass is 9.85. The Balaban J connectivity index is 1.51. The predicted octanol–water partition coefficient (Wildman–Crippen LogP) is 2.75. The molecule has 1 aromatic rings. The van der Waals surface area contributed by atoms with E-state index < -0.39 is 0 Å². The van der Waals surface area contributed by atoms with E-state index in [9.17, 15) is 14.3 Å². The first-order valence-electron chi connectivity index (χ1n) is 7.99. The van der Waals surface area contributed by atoms with Gasteiger partial charge in [0, 0.05) is 25.0 Å². The number of aliphatic hydroxyl groups excluding tert-OH is 1. The van der Waals surface area contributed by atoms with Crippen molar-refractivity contribution in [3.05, 3.63) is 41.7 Å². The average Bonchev–Trinajstić information content (AvgIpc) is 3.10. The molecule has 4 heteroatoms. The monoisotopic (exact) mass is 303 g/mol. The molecule has 2 saturated carbocycles.